The van der Waals surface area contributed by atoms with Crippen LogP contribution in [0.1, 0.15) is 12.2 Å². The molecular formula is C11H10O2. The number of hydrogen-bond acceptors (Lipinski definition) is 2. The average molecular weight is 174 g/mol. The number of rotatable bonds is 0. The van der Waals surface area contributed by atoms with Crippen molar-refractivity contribution in [3.8, 4) is 5.75 Å². The normalized spacial score (nSPS) is 15.4. The quantitative estimate of drug-likeness (QED) is 0.612. The summed E-state index contributed by atoms with van der Waals surface area (Å²) in [6.45, 7) is 0.816. The van der Waals surface area contributed by atoms with E-state index in [1.807, 2.05) is 24.3 Å². The molecule has 0 atom stereocenters. The molecule has 0 saturated carbocycles. The Bertz CT molecular complexity index is 442. The van der Waals surface area contributed by atoms with Crippen molar-refractivity contribution in [3.63, 3.8) is 0 Å². The summed E-state index contributed by atoms with van der Waals surface area (Å²) in [5, 5.41) is 1.11. The van der Waals surface area contributed by atoms with Crippen LogP contribution in [0.4, 0.5) is 0 Å². The van der Waals surface area contributed by atoms with Gasteiger partial charge in [-0.1, -0.05) is 12.1 Å². The Kier molecular flexibility index (Phi) is 1.36. The number of para-hydroxylation sites is 1. The van der Waals surface area contributed by atoms with Crippen LogP contribution in [0.3, 0.4) is 0 Å². The zero-order chi connectivity index (χ0) is 8.67. The highest BCUT2D eigenvalue weighted by atomic mass is 16.5. The summed E-state index contributed by atoms with van der Waals surface area (Å²) in [5.41, 5.74) is 0.939. The molecule has 66 valence electrons. The molecule has 0 unspecified atom stereocenters. The Labute approximate surface area is 76.1 Å². The van der Waals surface area contributed by atoms with Gasteiger partial charge in [-0.3, -0.25) is 0 Å². The molecule has 1 aliphatic heterocycles. The minimum atomic E-state index is 0.816. The molecule has 0 saturated heterocycles. The Balaban J connectivity index is 2.34. The van der Waals surface area contributed by atoms with Crippen LogP contribution in [0.25, 0.3) is 11.0 Å². The SMILES string of the molecule is c1ccc2c3c(oc2c1)CCCO3. The number of furan rings is 1. The summed E-state index contributed by atoms with van der Waals surface area (Å²) in [7, 11) is 0. The maximum absolute atomic E-state index is 5.67. The van der Waals surface area contributed by atoms with E-state index in [1.54, 1.807) is 0 Å². The first-order valence-corrected chi connectivity index (χ1v) is 4.58. The highest BCUT2D eigenvalue weighted by Crippen LogP contribution is 2.35. The van der Waals surface area contributed by atoms with E-state index in [9.17, 15) is 0 Å². The van der Waals surface area contributed by atoms with Gasteiger partial charge in [-0.25, -0.2) is 0 Å². The van der Waals surface area contributed by atoms with Gasteiger partial charge in [0.05, 0.1) is 12.0 Å². The van der Waals surface area contributed by atoms with Gasteiger partial charge in [0.2, 0.25) is 0 Å². The molecule has 0 N–H and O–H groups in total. The van der Waals surface area contributed by atoms with Crippen LogP contribution >= 0.6 is 0 Å². The second kappa shape index (κ2) is 2.52. The second-order valence-electron chi connectivity index (χ2n) is 3.30. The lowest BCUT2D eigenvalue weighted by Crippen LogP contribution is -2.05. The van der Waals surface area contributed by atoms with Gasteiger partial charge in [0, 0.05) is 6.42 Å². The molecular weight excluding hydrogens is 164 g/mol. The van der Waals surface area contributed by atoms with Crippen molar-refractivity contribution < 1.29 is 9.15 Å². The second-order valence-corrected chi connectivity index (χ2v) is 3.30. The molecule has 13 heavy (non-hydrogen) atoms. The van der Waals surface area contributed by atoms with E-state index >= 15 is 0 Å². The first-order valence-electron chi connectivity index (χ1n) is 4.58. The lowest BCUT2D eigenvalue weighted by molar-refractivity contribution is 0.274. The summed E-state index contributed by atoms with van der Waals surface area (Å²) in [6.07, 6.45) is 2.07. The average Bonchev–Trinajstić information content (AvgIpc) is 2.56. The molecule has 0 amide bonds. The third kappa shape index (κ3) is 0.949. The number of aryl methyl sites for hydroxylation is 1. The highest BCUT2D eigenvalue weighted by Gasteiger charge is 2.18. The van der Waals surface area contributed by atoms with Crippen molar-refractivity contribution in [1.29, 1.82) is 0 Å². The number of ether oxygens (including phenoxy) is 1. The molecule has 0 radical (unpaired) electrons. The summed E-state index contributed by atoms with van der Waals surface area (Å²) in [4.78, 5) is 0. The fraction of sp³-hybridized carbons (Fsp3) is 0.273. The molecule has 1 aromatic carbocycles. The molecule has 0 bridgehead atoms. The first-order chi connectivity index (χ1) is 6.45. The number of benzene rings is 1. The van der Waals surface area contributed by atoms with E-state index < -0.39 is 0 Å². The van der Waals surface area contributed by atoms with E-state index in [-0.39, 0.29) is 0 Å². The van der Waals surface area contributed by atoms with Crippen molar-refractivity contribution >= 4 is 11.0 Å². The van der Waals surface area contributed by atoms with Crippen LogP contribution in [0.5, 0.6) is 5.75 Å². The van der Waals surface area contributed by atoms with Crippen molar-refractivity contribution in [3.05, 3.63) is 30.0 Å². The van der Waals surface area contributed by atoms with Gasteiger partial charge >= 0.3 is 0 Å². The Morgan fingerprint density at radius 1 is 1.15 bits per heavy atom. The van der Waals surface area contributed by atoms with Crippen LogP contribution in [-0.4, -0.2) is 6.61 Å². The Morgan fingerprint density at radius 3 is 3.08 bits per heavy atom. The van der Waals surface area contributed by atoms with Crippen LogP contribution in [0.15, 0.2) is 28.7 Å². The Morgan fingerprint density at radius 2 is 2.08 bits per heavy atom. The molecule has 0 fully saturated rings. The topological polar surface area (TPSA) is 22.4 Å². The lowest BCUT2D eigenvalue weighted by atomic mass is 10.1. The minimum absolute atomic E-state index is 0.816. The summed E-state index contributed by atoms with van der Waals surface area (Å²) >= 11 is 0. The van der Waals surface area contributed by atoms with Crippen molar-refractivity contribution in [2.24, 2.45) is 0 Å². The molecule has 2 heterocycles. The molecule has 0 spiro atoms. The van der Waals surface area contributed by atoms with Crippen LogP contribution in [0, 0.1) is 0 Å². The van der Waals surface area contributed by atoms with Gasteiger partial charge < -0.3 is 9.15 Å². The van der Waals surface area contributed by atoms with Gasteiger partial charge in [0.25, 0.3) is 0 Å². The van der Waals surface area contributed by atoms with Crippen LogP contribution in [-0.2, 0) is 6.42 Å². The molecule has 2 heteroatoms. The number of hydrogen-bond donors (Lipinski definition) is 0. The van der Waals surface area contributed by atoms with Gasteiger partial charge in [0.15, 0.2) is 5.75 Å². The van der Waals surface area contributed by atoms with E-state index in [4.69, 9.17) is 9.15 Å². The zero-order valence-electron chi connectivity index (χ0n) is 7.25. The molecule has 2 aromatic rings. The predicted molar refractivity (Wildman–Crippen MR) is 50.0 cm³/mol. The third-order valence-electron chi connectivity index (χ3n) is 2.41. The van der Waals surface area contributed by atoms with Crippen LogP contribution < -0.4 is 4.74 Å². The fourth-order valence-corrected chi connectivity index (χ4v) is 1.80. The monoisotopic (exact) mass is 174 g/mol. The smallest absolute Gasteiger partial charge is 0.168 e. The Hall–Kier alpha value is -1.44. The highest BCUT2D eigenvalue weighted by molar-refractivity contribution is 5.85. The van der Waals surface area contributed by atoms with Gasteiger partial charge in [0.1, 0.15) is 11.3 Å². The van der Waals surface area contributed by atoms with Gasteiger partial charge in [-0.2, -0.15) is 0 Å². The zero-order valence-corrected chi connectivity index (χ0v) is 7.25. The predicted octanol–water partition coefficient (Wildman–Crippen LogP) is 2.76. The minimum Gasteiger partial charge on any atom is -0.489 e. The van der Waals surface area contributed by atoms with Crippen molar-refractivity contribution in [2.75, 3.05) is 6.61 Å². The lowest BCUT2D eigenvalue weighted by Gasteiger charge is -2.10. The largest absolute Gasteiger partial charge is 0.489 e. The maximum atomic E-state index is 5.67. The standard InChI is InChI=1S/C11H10O2/c1-2-5-9-8(4-1)11-10(13-9)6-3-7-12-11/h1-2,4-5H,3,6-7H2. The fourth-order valence-electron chi connectivity index (χ4n) is 1.80. The maximum Gasteiger partial charge on any atom is 0.168 e. The summed E-state index contributed by atoms with van der Waals surface area (Å²) in [5.74, 6) is 1.97. The molecule has 3 rings (SSSR count). The van der Waals surface area contributed by atoms with E-state index in [1.165, 1.54) is 0 Å². The van der Waals surface area contributed by atoms with Crippen molar-refractivity contribution in [1.82, 2.24) is 0 Å². The summed E-state index contributed by atoms with van der Waals surface area (Å²) in [6, 6.07) is 8.02. The summed E-state index contributed by atoms with van der Waals surface area (Å²) < 4.78 is 11.2. The molecule has 2 nitrogen and oxygen atoms in total. The van der Waals surface area contributed by atoms with E-state index in [0.717, 1.165) is 41.9 Å². The van der Waals surface area contributed by atoms with Gasteiger partial charge in [-0.05, 0) is 18.6 Å². The first kappa shape index (κ1) is 7.01. The van der Waals surface area contributed by atoms with E-state index in [0.29, 0.717) is 0 Å². The third-order valence-corrected chi connectivity index (χ3v) is 2.41. The van der Waals surface area contributed by atoms with Crippen LogP contribution in [0.2, 0.25) is 0 Å². The van der Waals surface area contributed by atoms with E-state index in [2.05, 4.69) is 0 Å². The number of fused-ring (bicyclic) bond motifs is 3. The molecule has 1 aromatic heterocycles. The molecule has 0 aliphatic carbocycles. The van der Waals surface area contributed by atoms with Crippen molar-refractivity contribution in [2.45, 2.75) is 12.8 Å². The van der Waals surface area contributed by atoms with Gasteiger partial charge in [-0.15, -0.1) is 0 Å². The molecule has 1 aliphatic rings.